The second kappa shape index (κ2) is 5.17. The molecule has 0 atom stereocenters. The molecule has 0 unspecified atom stereocenters. The summed E-state index contributed by atoms with van der Waals surface area (Å²) in [4.78, 5) is 8.52. The number of hydrogen-bond acceptors (Lipinski definition) is 2. The Morgan fingerprint density at radius 2 is 1.70 bits per heavy atom. The van der Waals surface area contributed by atoms with Crippen molar-refractivity contribution >= 4 is 45.7 Å². The summed E-state index contributed by atoms with van der Waals surface area (Å²) < 4.78 is 13.5. The molecule has 20 heavy (non-hydrogen) atoms. The van der Waals surface area contributed by atoms with Gasteiger partial charge in [-0.25, -0.2) is 14.4 Å². The summed E-state index contributed by atoms with van der Waals surface area (Å²) >= 11 is 17.7. The molecule has 0 aliphatic rings. The van der Waals surface area contributed by atoms with E-state index in [4.69, 9.17) is 34.8 Å². The van der Waals surface area contributed by atoms with Crippen LogP contribution in [0.3, 0.4) is 0 Å². The Bertz CT molecular complexity index is 821. The molecule has 0 bridgehead atoms. The summed E-state index contributed by atoms with van der Waals surface area (Å²) in [5, 5.41) is 1.51. The Hall–Kier alpha value is -1.42. The van der Waals surface area contributed by atoms with E-state index in [1.165, 1.54) is 12.1 Å². The van der Waals surface area contributed by atoms with Crippen molar-refractivity contribution in [2.24, 2.45) is 0 Å². The highest BCUT2D eigenvalue weighted by Crippen LogP contribution is 2.28. The first kappa shape index (κ1) is 13.6. The van der Waals surface area contributed by atoms with Crippen molar-refractivity contribution in [3.63, 3.8) is 0 Å². The second-order valence-corrected chi connectivity index (χ2v) is 5.33. The van der Waals surface area contributed by atoms with Crippen LogP contribution >= 0.6 is 34.8 Å². The predicted molar refractivity (Wildman–Crippen MR) is 80.0 cm³/mol. The van der Waals surface area contributed by atoms with Crippen LogP contribution in [0.2, 0.25) is 15.2 Å². The zero-order chi connectivity index (χ0) is 14.3. The largest absolute Gasteiger partial charge is 0.228 e. The predicted octanol–water partition coefficient (Wildman–Crippen LogP) is 5.40. The molecular formula is C14H6Cl3FN2. The maximum atomic E-state index is 13.5. The third kappa shape index (κ3) is 2.44. The van der Waals surface area contributed by atoms with Gasteiger partial charge >= 0.3 is 0 Å². The fraction of sp³-hybridized carbons (Fsp3) is 0. The molecular weight excluding hydrogens is 322 g/mol. The standard InChI is InChI=1S/C14H6Cl3FN2/c15-8-2-4-12-9(6-8)13(17)20-14(19-12)7-1-3-10(16)11(18)5-7/h1-6H. The molecule has 3 rings (SSSR count). The van der Waals surface area contributed by atoms with E-state index in [-0.39, 0.29) is 10.2 Å². The monoisotopic (exact) mass is 326 g/mol. The number of aromatic nitrogens is 2. The molecule has 3 aromatic rings. The van der Waals surface area contributed by atoms with Crippen LogP contribution in [-0.4, -0.2) is 9.97 Å². The van der Waals surface area contributed by atoms with Gasteiger partial charge in [-0.1, -0.05) is 34.8 Å². The van der Waals surface area contributed by atoms with E-state index in [1.807, 2.05) is 0 Å². The minimum absolute atomic E-state index is 0.0485. The van der Waals surface area contributed by atoms with Crippen LogP contribution in [0.4, 0.5) is 4.39 Å². The van der Waals surface area contributed by atoms with Crippen molar-refractivity contribution in [2.45, 2.75) is 0 Å². The number of fused-ring (bicyclic) bond motifs is 1. The molecule has 0 spiro atoms. The Kier molecular flexibility index (Phi) is 3.50. The topological polar surface area (TPSA) is 25.8 Å². The average Bonchev–Trinajstić information content (AvgIpc) is 2.42. The lowest BCUT2D eigenvalue weighted by molar-refractivity contribution is 0.628. The van der Waals surface area contributed by atoms with Gasteiger partial charge in [0.05, 0.1) is 10.5 Å². The number of hydrogen-bond donors (Lipinski definition) is 0. The molecule has 1 heterocycles. The van der Waals surface area contributed by atoms with Gasteiger partial charge in [-0.05, 0) is 36.4 Å². The number of nitrogens with zero attached hydrogens (tertiary/aromatic N) is 2. The Morgan fingerprint density at radius 1 is 0.900 bits per heavy atom. The Labute approximate surface area is 129 Å². The van der Waals surface area contributed by atoms with Gasteiger partial charge in [0.2, 0.25) is 0 Å². The molecule has 6 heteroatoms. The molecule has 0 saturated carbocycles. The van der Waals surface area contributed by atoms with Gasteiger partial charge in [0, 0.05) is 16.0 Å². The van der Waals surface area contributed by atoms with Crippen LogP contribution in [0, 0.1) is 5.82 Å². The van der Waals surface area contributed by atoms with Crippen molar-refractivity contribution in [3.8, 4) is 11.4 Å². The normalized spacial score (nSPS) is 11.0. The minimum atomic E-state index is -0.528. The van der Waals surface area contributed by atoms with Crippen molar-refractivity contribution in [1.29, 1.82) is 0 Å². The molecule has 0 saturated heterocycles. The van der Waals surface area contributed by atoms with Gasteiger partial charge in [-0.2, -0.15) is 0 Å². The minimum Gasteiger partial charge on any atom is -0.228 e. The zero-order valence-corrected chi connectivity index (χ0v) is 12.1. The van der Waals surface area contributed by atoms with E-state index in [9.17, 15) is 4.39 Å². The first-order valence-corrected chi connectivity index (χ1v) is 6.76. The van der Waals surface area contributed by atoms with Gasteiger partial charge in [0.1, 0.15) is 11.0 Å². The molecule has 100 valence electrons. The summed E-state index contributed by atoms with van der Waals surface area (Å²) in [6, 6.07) is 9.50. The summed E-state index contributed by atoms with van der Waals surface area (Å²) in [6.45, 7) is 0. The van der Waals surface area contributed by atoms with Crippen LogP contribution < -0.4 is 0 Å². The van der Waals surface area contributed by atoms with Crippen molar-refractivity contribution in [3.05, 3.63) is 57.4 Å². The third-order valence-electron chi connectivity index (χ3n) is 2.79. The Balaban J connectivity index is 2.21. The summed E-state index contributed by atoms with van der Waals surface area (Å²) in [5.74, 6) is -0.194. The van der Waals surface area contributed by atoms with Crippen molar-refractivity contribution in [1.82, 2.24) is 9.97 Å². The second-order valence-electron chi connectivity index (χ2n) is 4.13. The molecule has 0 N–H and O–H groups in total. The van der Waals surface area contributed by atoms with E-state index >= 15 is 0 Å². The molecule has 2 nitrogen and oxygen atoms in total. The highest BCUT2D eigenvalue weighted by atomic mass is 35.5. The van der Waals surface area contributed by atoms with Crippen LogP contribution in [0.25, 0.3) is 22.3 Å². The first-order valence-electron chi connectivity index (χ1n) is 5.63. The summed E-state index contributed by atoms with van der Waals surface area (Å²) in [7, 11) is 0. The van der Waals surface area contributed by atoms with Gasteiger partial charge in [0.15, 0.2) is 5.82 Å². The number of halogens is 4. The number of rotatable bonds is 1. The van der Waals surface area contributed by atoms with Gasteiger partial charge in [-0.15, -0.1) is 0 Å². The first-order chi connectivity index (χ1) is 9.54. The lowest BCUT2D eigenvalue weighted by atomic mass is 10.2. The third-order valence-corrected chi connectivity index (χ3v) is 3.62. The van der Waals surface area contributed by atoms with E-state index in [0.717, 1.165) is 0 Å². The lowest BCUT2D eigenvalue weighted by Crippen LogP contribution is -1.92. The Morgan fingerprint density at radius 3 is 2.45 bits per heavy atom. The van der Waals surface area contributed by atoms with Crippen LogP contribution in [-0.2, 0) is 0 Å². The van der Waals surface area contributed by atoms with E-state index in [0.29, 0.717) is 27.3 Å². The molecule has 0 amide bonds. The van der Waals surface area contributed by atoms with Crippen LogP contribution in [0.15, 0.2) is 36.4 Å². The molecule has 0 radical (unpaired) electrons. The maximum absolute atomic E-state index is 13.5. The molecule has 0 aliphatic heterocycles. The molecule has 0 aliphatic carbocycles. The van der Waals surface area contributed by atoms with Gasteiger partial charge in [0.25, 0.3) is 0 Å². The summed E-state index contributed by atoms with van der Waals surface area (Å²) in [6.07, 6.45) is 0. The highest BCUT2D eigenvalue weighted by Gasteiger charge is 2.10. The average molecular weight is 328 g/mol. The smallest absolute Gasteiger partial charge is 0.161 e. The number of benzene rings is 2. The fourth-order valence-electron chi connectivity index (χ4n) is 1.83. The lowest BCUT2D eigenvalue weighted by Gasteiger charge is -2.05. The van der Waals surface area contributed by atoms with E-state index < -0.39 is 5.82 Å². The zero-order valence-electron chi connectivity index (χ0n) is 9.87. The van der Waals surface area contributed by atoms with Crippen molar-refractivity contribution < 1.29 is 4.39 Å². The van der Waals surface area contributed by atoms with Gasteiger partial charge < -0.3 is 0 Å². The SMILES string of the molecule is Fc1cc(-c2nc(Cl)c3cc(Cl)ccc3n2)ccc1Cl. The van der Waals surface area contributed by atoms with Crippen LogP contribution in [0.5, 0.6) is 0 Å². The summed E-state index contributed by atoms with van der Waals surface area (Å²) in [5.41, 5.74) is 1.14. The van der Waals surface area contributed by atoms with Gasteiger partial charge in [-0.3, -0.25) is 0 Å². The fourth-order valence-corrected chi connectivity index (χ4v) is 2.35. The van der Waals surface area contributed by atoms with E-state index in [1.54, 1.807) is 24.3 Å². The van der Waals surface area contributed by atoms with E-state index in [2.05, 4.69) is 9.97 Å². The molecule has 2 aromatic carbocycles. The quantitative estimate of drug-likeness (QED) is 0.560. The molecule has 0 fully saturated rings. The van der Waals surface area contributed by atoms with Crippen LogP contribution in [0.1, 0.15) is 0 Å². The van der Waals surface area contributed by atoms with Crippen molar-refractivity contribution in [2.75, 3.05) is 0 Å². The molecule has 1 aromatic heterocycles. The maximum Gasteiger partial charge on any atom is 0.161 e. The highest BCUT2D eigenvalue weighted by molar-refractivity contribution is 6.35.